The van der Waals surface area contributed by atoms with Crippen LogP contribution in [-0.2, 0) is 0 Å². The zero-order valence-electron chi connectivity index (χ0n) is 4.00. The summed E-state index contributed by atoms with van der Waals surface area (Å²) in [6.07, 6.45) is 0. The fourth-order valence-electron chi connectivity index (χ4n) is 0. The normalized spacial score (nSPS) is 8.57. The summed E-state index contributed by atoms with van der Waals surface area (Å²) in [6.45, 7) is 0. The van der Waals surface area contributed by atoms with Gasteiger partial charge in [0.05, 0.1) is 0 Å². The molecular weight excluding hydrogens is 139 g/mol. The first-order valence-electron chi connectivity index (χ1n) is 0.894. The van der Waals surface area contributed by atoms with Crippen molar-refractivity contribution in [3.8, 4) is 0 Å². The molecule has 0 spiro atoms. The van der Waals surface area contributed by atoms with E-state index in [0.29, 0.717) is 0 Å². The Kier molecular flexibility index (Phi) is 13.5. The summed E-state index contributed by atoms with van der Waals surface area (Å²) in [4.78, 5) is 29.3. The molecule has 0 aromatic carbocycles. The van der Waals surface area contributed by atoms with E-state index in [9.17, 15) is 0 Å². The second kappa shape index (κ2) is 5.95. The van der Waals surface area contributed by atoms with Crippen LogP contribution >= 0.6 is 0 Å². The van der Waals surface area contributed by atoms with E-state index in [-0.39, 0.29) is 52.6 Å². The molecule has 7 heavy (non-hydrogen) atoms. The monoisotopic (exact) mass is 143 g/mol. The molecule has 0 saturated carbocycles. The Morgan fingerprint density at radius 3 is 0.857 bits per heavy atom. The van der Waals surface area contributed by atoms with Crippen LogP contribution in [0, 0.1) is 0 Å². The molecule has 7 heteroatoms. The van der Waals surface area contributed by atoms with Crippen LogP contribution in [0.3, 0.4) is 0 Å². The van der Waals surface area contributed by atoms with E-state index >= 15 is 0 Å². The van der Waals surface area contributed by atoms with E-state index in [0.717, 1.165) is 0 Å². The molecule has 0 aliphatic rings. The molecule has 0 amide bonds. The second-order valence-electron chi connectivity index (χ2n) is 0.600. The molecule has 0 aromatic rings. The van der Waals surface area contributed by atoms with E-state index in [1.165, 1.54) is 0 Å². The second-order valence-corrected chi connectivity index (χ2v) is 1.80. The Bertz CT molecular complexity index is 27.2. The third kappa shape index (κ3) is 79.8. The van der Waals surface area contributed by atoms with Gasteiger partial charge in [0.2, 0.25) is 0 Å². The standard InChI is InChI=1S/Mg.Na.H4O4Si/c;;1-5(2,3)4/h;;1-4H. The van der Waals surface area contributed by atoms with Crippen LogP contribution in [0.15, 0.2) is 0 Å². The first-order chi connectivity index (χ1) is 2.00. The van der Waals surface area contributed by atoms with Crippen LogP contribution in [0.1, 0.15) is 0 Å². The SMILES string of the molecule is O[Si](O)(O)O.[Mg].[Na]. The minimum atomic E-state index is -4.61. The summed E-state index contributed by atoms with van der Waals surface area (Å²) < 4.78 is 0. The molecule has 4 N–H and O–H groups in total. The molecule has 0 aliphatic carbocycles. The molecule has 35 valence electrons. The molecule has 4 nitrogen and oxygen atoms in total. The molecule has 3 radical (unpaired) electrons. The molecule has 0 heterocycles. The van der Waals surface area contributed by atoms with Gasteiger partial charge in [0.15, 0.2) is 0 Å². The number of rotatable bonds is 0. The van der Waals surface area contributed by atoms with Gasteiger partial charge < -0.3 is 19.2 Å². The van der Waals surface area contributed by atoms with E-state index in [4.69, 9.17) is 19.2 Å². The van der Waals surface area contributed by atoms with Crippen molar-refractivity contribution in [2.75, 3.05) is 0 Å². The van der Waals surface area contributed by atoms with Crippen molar-refractivity contribution < 1.29 is 19.2 Å². The summed E-state index contributed by atoms with van der Waals surface area (Å²) in [7, 11) is -4.61. The van der Waals surface area contributed by atoms with Gasteiger partial charge in [0.25, 0.3) is 0 Å². The summed E-state index contributed by atoms with van der Waals surface area (Å²) in [6, 6.07) is 0. The summed E-state index contributed by atoms with van der Waals surface area (Å²) in [5, 5.41) is 0. The van der Waals surface area contributed by atoms with Crippen LogP contribution in [0.4, 0.5) is 0 Å². The van der Waals surface area contributed by atoms with Gasteiger partial charge in [0.1, 0.15) is 0 Å². The van der Waals surface area contributed by atoms with Crippen LogP contribution in [0.2, 0.25) is 0 Å². The molecule has 0 aliphatic heterocycles. The van der Waals surface area contributed by atoms with E-state index in [1.54, 1.807) is 0 Å². The van der Waals surface area contributed by atoms with Crippen LogP contribution in [-0.4, -0.2) is 80.8 Å². The molecule has 0 rings (SSSR count). The first kappa shape index (κ1) is 15.9. The fraction of sp³-hybridized carbons (Fsp3) is 0. The van der Waals surface area contributed by atoms with Crippen LogP contribution < -0.4 is 0 Å². The zero-order chi connectivity index (χ0) is 4.50. The van der Waals surface area contributed by atoms with Gasteiger partial charge in [-0.1, -0.05) is 0 Å². The van der Waals surface area contributed by atoms with Crippen molar-refractivity contribution >= 4 is 61.7 Å². The molecule has 0 bridgehead atoms. The number of hydrogen-bond acceptors (Lipinski definition) is 4. The van der Waals surface area contributed by atoms with E-state index in [1.807, 2.05) is 0 Å². The Morgan fingerprint density at radius 2 is 0.857 bits per heavy atom. The molecule has 0 saturated heterocycles. The number of hydrogen-bond donors (Lipinski definition) is 4. The van der Waals surface area contributed by atoms with Gasteiger partial charge in [-0.05, 0) is 0 Å². The van der Waals surface area contributed by atoms with E-state index in [2.05, 4.69) is 0 Å². The Hall–Kier alpha value is 1.82. The Balaban J connectivity index is -0.0000000800. The summed E-state index contributed by atoms with van der Waals surface area (Å²) in [5.41, 5.74) is 0. The first-order valence-corrected chi connectivity index (χ1v) is 2.68. The van der Waals surface area contributed by atoms with Crippen molar-refractivity contribution in [1.82, 2.24) is 0 Å². The predicted molar refractivity (Wildman–Crippen MR) is 26.1 cm³/mol. The van der Waals surface area contributed by atoms with Gasteiger partial charge in [-0.3, -0.25) is 0 Å². The third-order valence-corrected chi connectivity index (χ3v) is 0. The molecular formula is H4MgNaO4Si. The minimum Gasteiger partial charge on any atom is -0.368 e. The quantitative estimate of drug-likeness (QED) is 0.267. The molecule has 0 aromatic heterocycles. The predicted octanol–water partition coefficient (Wildman–Crippen LogP) is -3.37. The van der Waals surface area contributed by atoms with Gasteiger partial charge in [0, 0.05) is 52.6 Å². The maximum atomic E-state index is 7.33. The minimum absolute atomic E-state index is 0. The largest absolute Gasteiger partial charge is 0.668 e. The van der Waals surface area contributed by atoms with Crippen molar-refractivity contribution in [2.45, 2.75) is 0 Å². The Morgan fingerprint density at radius 1 is 0.857 bits per heavy atom. The molecule has 0 atom stereocenters. The topological polar surface area (TPSA) is 80.9 Å². The smallest absolute Gasteiger partial charge is 0.368 e. The maximum absolute atomic E-state index is 7.33. The average molecular weight is 143 g/mol. The van der Waals surface area contributed by atoms with Gasteiger partial charge in [-0.15, -0.1) is 0 Å². The molecule has 0 fully saturated rings. The summed E-state index contributed by atoms with van der Waals surface area (Å²) >= 11 is 0. The van der Waals surface area contributed by atoms with Crippen LogP contribution in [0.25, 0.3) is 0 Å². The zero-order valence-corrected chi connectivity index (χ0v) is 8.41. The van der Waals surface area contributed by atoms with Crippen molar-refractivity contribution in [3.05, 3.63) is 0 Å². The van der Waals surface area contributed by atoms with Gasteiger partial charge in [-0.2, -0.15) is 0 Å². The van der Waals surface area contributed by atoms with Gasteiger partial charge in [-0.25, -0.2) is 0 Å². The fourth-order valence-corrected chi connectivity index (χ4v) is 0. The van der Waals surface area contributed by atoms with Crippen molar-refractivity contribution in [3.63, 3.8) is 0 Å². The van der Waals surface area contributed by atoms with Crippen molar-refractivity contribution in [2.24, 2.45) is 0 Å². The maximum Gasteiger partial charge on any atom is 0.668 e. The molecule has 0 unspecified atom stereocenters. The van der Waals surface area contributed by atoms with Crippen LogP contribution in [0.5, 0.6) is 0 Å². The summed E-state index contributed by atoms with van der Waals surface area (Å²) in [5.74, 6) is 0. The van der Waals surface area contributed by atoms with E-state index < -0.39 is 9.05 Å². The average Bonchev–Trinajstić information content (AvgIpc) is 0.722. The van der Waals surface area contributed by atoms with Gasteiger partial charge >= 0.3 is 9.05 Å². The Labute approximate surface area is 80.1 Å². The van der Waals surface area contributed by atoms with Crippen molar-refractivity contribution in [1.29, 1.82) is 0 Å². The third-order valence-electron chi connectivity index (χ3n) is 0.